The van der Waals surface area contributed by atoms with Crippen LogP contribution < -0.4 is 19.6 Å². The predicted molar refractivity (Wildman–Crippen MR) is 109 cm³/mol. The monoisotopic (exact) mass is 408 g/mol. The van der Waals surface area contributed by atoms with Crippen molar-refractivity contribution in [1.29, 1.82) is 0 Å². The molecule has 2 aromatic carbocycles. The number of halogens is 1. The van der Waals surface area contributed by atoms with Crippen LogP contribution in [0.25, 0.3) is 0 Å². The van der Waals surface area contributed by atoms with Crippen LogP contribution in [0.4, 0.5) is 0 Å². The van der Waals surface area contributed by atoms with Gasteiger partial charge in [-0.15, -0.1) is 11.8 Å². The number of amides is 1. The molecule has 0 aliphatic rings. The fraction of sp³-hybridized carbons (Fsp3) is 0.263. The van der Waals surface area contributed by atoms with Gasteiger partial charge in [0.1, 0.15) is 0 Å². The van der Waals surface area contributed by atoms with E-state index in [1.54, 1.807) is 12.1 Å². The molecule has 0 radical (unpaired) electrons. The highest BCUT2D eigenvalue weighted by Gasteiger charge is 2.12. The zero-order chi connectivity index (χ0) is 19.6. The van der Waals surface area contributed by atoms with Crippen LogP contribution in [-0.2, 0) is 10.5 Å². The van der Waals surface area contributed by atoms with E-state index in [4.69, 9.17) is 25.8 Å². The molecule has 27 heavy (non-hydrogen) atoms. The average molecular weight is 409 g/mol. The lowest BCUT2D eigenvalue weighted by molar-refractivity contribution is -0.118. The number of ether oxygens (including phenoxy) is 3. The molecule has 0 atom stereocenters. The number of hydrogen-bond donors (Lipinski definition) is 1. The molecule has 1 amide bonds. The lowest BCUT2D eigenvalue weighted by atomic mass is 10.2. The third-order valence-corrected chi connectivity index (χ3v) is 4.89. The van der Waals surface area contributed by atoms with Crippen LogP contribution in [0.2, 0.25) is 5.02 Å². The molecule has 0 saturated carbocycles. The number of carbonyl (C=O) groups is 1. The fourth-order valence-electron chi connectivity index (χ4n) is 2.26. The summed E-state index contributed by atoms with van der Waals surface area (Å²) in [6.45, 7) is 0. The van der Waals surface area contributed by atoms with Gasteiger partial charge in [0.15, 0.2) is 11.5 Å². The number of carbonyl (C=O) groups excluding carboxylic acids is 1. The summed E-state index contributed by atoms with van der Waals surface area (Å²) in [4.78, 5) is 11.9. The highest BCUT2D eigenvalue weighted by Crippen LogP contribution is 2.37. The minimum Gasteiger partial charge on any atom is -0.493 e. The van der Waals surface area contributed by atoms with Crippen molar-refractivity contribution in [2.75, 3.05) is 27.1 Å². The number of benzene rings is 2. The Morgan fingerprint density at radius 1 is 1.15 bits per heavy atom. The molecule has 0 fully saturated rings. The van der Waals surface area contributed by atoms with Crippen molar-refractivity contribution in [3.63, 3.8) is 0 Å². The molecule has 2 aromatic rings. The number of rotatable bonds is 9. The van der Waals surface area contributed by atoms with Crippen LogP contribution in [0, 0.1) is 0 Å². The minimum absolute atomic E-state index is 0.198. The lowest BCUT2D eigenvalue weighted by Crippen LogP contribution is -2.19. The second-order valence-corrected chi connectivity index (χ2v) is 6.73. The van der Waals surface area contributed by atoms with Gasteiger partial charge in [0, 0.05) is 16.3 Å². The second-order valence-electron chi connectivity index (χ2n) is 5.34. The molecule has 0 heterocycles. The average Bonchev–Trinajstić information content (AvgIpc) is 2.68. The molecular weight excluding hydrogens is 388 g/mol. The van der Waals surface area contributed by atoms with E-state index in [1.165, 1.54) is 39.3 Å². The number of thioether (sulfide) groups is 1. The van der Waals surface area contributed by atoms with Gasteiger partial charge in [-0.3, -0.25) is 4.79 Å². The van der Waals surface area contributed by atoms with Crippen molar-refractivity contribution in [2.45, 2.75) is 5.75 Å². The van der Waals surface area contributed by atoms with Crippen molar-refractivity contribution in [3.8, 4) is 17.2 Å². The SMILES string of the molecule is COc1cc(C=NNC(=O)CSCc2ccccc2Cl)cc(OC)c1OC. The molecule has 0 aromatic heterocycles. The zero-order valence-corrected chi connectivity index (χ0v) is 16.9. The summed E-state index contributed by atoms with van der Waals surface area (Å²) in [7, 11) is 4.61. The molecule has 6 nitrogen and oxygen atoms in total. The summed E-state index contributed by atoms with van der Waals surface area (Å²) in [6, 6.07) is 11.0. The molecule has 0 aliphatic heterocycles. The lowest BCUT2D eigenvalue weighted by Gasteiger charge is -2.12. The topological polar surface area (TPSA) is 69.2 Å². The van der Waals surface area contributed by atoms with Crippen molar-refractivity contribution >= 4 is 35.5 Å². The van der Waals surface area contributed by atoms with Crippen LogP contribution in [0.5, 0.6) is 17.2 Å². The van der Waals surface area contributed by atoms with Crippen molar-refractivity contribution < 1.29 is 19.0 Å². The third kappa shape index (κ3) is 6.08. The quantitative estimate of drug-likeness (QED) is 0.505. The zero-order valence-electron chi connectivity index (χ0n) is 15.3. The van der Waals surface area contributed by atoms with Gasteiger partial charge in [-0.2, -0.15) is 5.10 Å². The Morgan fingerprint density at radius 3 is 2.41 bits per heavy atom. The summed E-state index contributed by atoms with van der Waals surface area (Å²) in [5.41, 5.74) is 4.20. The minimum atomic E-state index is -0.198. The largest absolute Gasteiger partial charge is 0.493 e. The van der Waals surface area contributed by atoms with Crippen LogP contribution in [0.3, 0.4) is 0 Å². The molecule has 144 valence electrons. The van der Waals surface area contributed by atoms with Crippen LogP contribution >= 0.6 is 23.4 Å². The molecule has 0 bridgehead atoms. The van der Waals surface area contributed by atoms with Gasteiger partial charge in [-0.05, 0) is 23.8 Å². The normalized spacial score (nSPS) is 10.7. The van der Waals surface area contributed by atoms with E-state index in [1.807, 2.05) is 24.3 Å². The molecule has 2 rings (SSSR count). The number of nitrogens with zero attached hydrogens (tertiary/aromatic N) is 1. The smallest absolute Gasteiger partial charge is 0.250 e. The van der Waals surface area contributed by atoms with Crippen molar-refractivity contribution in [3.05, 3.63) is 52.5 Å². The summed E-state index contributed by atoms with van der Waals surface area (Å²) < 4.78 is 15.8. The first-order valence-electron chi connectivity index (χ1n) is 8.02. The first-order valence-corrected chi connectivity index (χ1v) is 9.55. The number of hydrazone groups is 1. The fourth-order valence-corrected chi connectivity index (χ4v) is 3.36. The Labute approximate surface area is 167 Å². The Balaban J connectivity index is 1.89. The van der Waals surface area contributed by atoms with Gasteiger partial charge >= 0.3 is 0 Å². The van der Waals surface area contributed by atoms with E-state index in [2.05, 4.69) is 10.5 Å². The van der Waals surface area contributed by atoms with E-state index >= 15 is 0 Å². The van der Waals surface area contributed by atoms with Gasteiger partial charge in [-0.25, -0.2) is 5.43 Å². The summed E-state index contributed by atoms with van der Waals surface area (Å²) in [6.07, 6.45) is 1.51. The van der Waals surface area contributed by atoms with Crippen LogP contribution in [0.15, 0.2) is 41.5 Å². The Kier molecular flexibility index (Phi) is 8.29. The Morgan fingerprint density at radius 2 is 1.81 bits per heavy atom. The third-order valence-electron chi connectivity index (χ3n) is 3.54. The van der Waals surface area contributed by atoms with Gasteiger partial charge in [-0.1, -0.05) is 29.8 Å². The Hall–Kier alpha value is -2.38. The number of methoxy groups -OCH3 is 3. The molecule has 1 N–H and O–H groups in total. The number of nitrogens with one attached hydrogen (secondary N) is 1. The van der Waals surface area contributed by atoms with E-state index < -0.39 is 0 Å². The van der Waals surface area contributed by atoms with Crippen LogP contribution in [-0.4, -0.2) is 39.2 Å². The van der Waals surface area contributed by atoms with E-state index in [9.17, 15) is 4.79 Å². The van der Waals surface area contributed by atoms with Crippen molar-refractivity contribution in [1.82, 2.24) is 5.43 Å². The first-order chi connectivity index (χ1) is 13.1. The molecule has 0 aliphatic carbocycles. The maximum Gasteiger partial charge on any atom is 0.250 e. The second kappa shape index (κ2) is 10.7. The molecule has 0 spiro atoms. The highest BCUT2D eigenvalue weighted by molar-refractivity contribution is 7.99. The van der Waals surface area contributed by atoms with E-state index in [-0.39, 0.29) is 11.7 Å². The van der Waals surface area contributed by atoms with E-state index in [0.717, 1.165) is 5.56 Å². The van der Waals surface area contributed by atoms with Gasteiger partial charge < -0.3 is 14.2 Å². The van der Waals surface area contributed by atoms with Crippen LogP contribution in [0.1, 0.15) is 11.1 Å². The molecule has 8 heteroatoms. The van der Waals surface area contributed by atoms with Gasteiger partial charge in [0.2, 0.25) is 11.7 Å². The van der Waals surface area contributed by atoms with Crippen molar-refractivity contribution in [2.24, 2.45) is 5.10 Å². The molecule has 0 unspecified atom stereocenters. The Bertz CT molecular complexity index is 789. The predicted octanol–water partition coefficient (Wildman–Crippen LogP) is 3.75. The standard InChI is InChI=1S/C19H21ClN2O4S/c1-24-16-8-13(9-17(25-2)19(16)26-3)10-21-22-18(23)12-27-11-14-6-4-5-7-15(14)20/h4-10H,11-12H2,1-3H3,(H,22,23). The summed E-state index contributed by atoms with van der Waals surface area (Å²) in [5.74, 6) is 2.26. The molecular formula is C19H21ClN2O4S. The van der Waals surface area contributed by atoms with Gasteiger partial charge in [0.25, 0.3) is 0 Å². The maximum absolute atomic E-state index is 11.9. The molecule has 0 saturated heterocycles. The summed E-state index contributed by atoms with van der Waals surface area (Å²) >= 11 is 7.56. The van der Waals surface area contributed by atoms with E-state index in [0.29, 0.717) is 33.6 Å². The summed E-state index contributed by atoms with van der Waals surface area (Å²) in [5, 5.41) is 4.68. The first kappa shape index (κ1) is 20.9. The van der Waals surface area contributed by atoms with Gasteiger partial charge in [0.05, 0.1) is 33.3 Å². The number of hydrogen-bond acceptors (Lipinski definition) is 6. The highest BCUT2D eigenvalue weighted by atomic mass is 35.5. The maximum atomic E-state index is 11.9.